The summed E-state index contributed by atoms with van der Waals surface area (Å²) in [6.45, 7) is 0.724. The molecule has 0 aromatic heterocycles. The standard InChI is InChI=1S/C17H26F4O6S/c1-15(23)8-2-3-13(15)11-4-6-12(7-5-11)14(22)27-10-9-16(18,19)17(20,21)28(24,25)26/h11-13,23H,2-10H2,1H3,(H,24,25,26). The minimum absolute atomic E-state index is 0.158. The van der Waals surface area contributed by atoms with E-state index >= 15 is 0 Å². The summed E-state index contributed by atoms with van der Waals surface area (Å²) >= 11 is 0. The molecule has 0 heterocycles. The lowest BCUT2D eigenvalue weighted by atomic mass is 9.71. The van der Waals surface area contributed by atoms with Crippen molar-refractivity contribution < 1.29 is 45.2 Å². The number of hydrogen-bond donors (Lipinski definition) is 2. The lowest BCUT2D eigenvalue weighted by Crippen LogP contribution is -2.47. The highest BCUT2D eigenvalue weighted by Crippen LogP contribution is 2.46. The SMILES string of the molecule is CC1(O)CCCC1C1CCC(C(=O)OCCC(F)(F)C(F)(F)S(=O)(=O)O)CC1. The van der Waals surface area contributed by atoms with Crippen LogP contribution in [0.3, 0.4) is 0 Å². The van der Waals surface area contributed by atoms with E-state index in [0.717, 1.165) is 19.3 Å². The molecule has 164 valence electrons. The molecule has 2 aliphatic carbocycles. The second kappa shape index (κ2) is 8.06. The Morgan fingerprint density at radius 1 is 1.14 bits per heavy atom. The van der Waals surface area contributed by atoms with Crippen LogP contribution >= 0.6 is 0 Å². The maximum absolute atomic E-state index is 13.4. The lowest BCUT2D eigenvalue weighted by molar-refractivity contribution is -0.176. The fourth-order valence-electron chi connectivity index (χ4n) is 4.41. The fraction of sp³-hybridized carbons (Fsp3) is 0.941. The third kappa shape index (κ3) is 4.79. The predicted octanol–water partition coefficient (Wildman–Crippen LogP) is 3.39. The number of rotatable bonds is 7. The first-order valence-electron chi connectivity index (χ1n) is 9.31. The molecule has 2 rings (SSSR count). The predicted molar refractivity (Wildman–Crippen MR) is 90.4 cm³/mol. The van der Waals surface area contributed by atoms with Crippen molar-refractivity contribution in [1.82, 2.24) is 0 Å². The van der Waals surface area contributed by atoms with Crippen LogP contribution in [0.1, 0.15) is 58.3 Å². The van der Waals surface area contributed by atoms with Crippen LogP contribution in [0.5, 0.6) is 0 Å². The van der Waals surface area contributed by atoms with E-state index in [4.69, 9.17) is 4.55 Å². The first-order chi connectivity index (χ1) is 12.7. The Kier molecular flexibility index (Phi) is 6.72. The largest absolute Gasteiger partial charge is 0.465 e. The molecule has 0 amide bonds. The van der Waals surface area contributed by atoms with Gasteiger partial charge in [-0.3, -0.25) is 9.35 Å². The molecule has 0 aliphatic heterocycles. The van der Waals surface area contributed by atoms with Crippen LogP contribution in [0.2, 0.25) is 0 Å². The number of carbonyl (C=O) groups is 1. The molecule has 0 saturated heterocycles. The van der Waals surface area contributed by atoms with Crippen molar-refractivity contribution in [2.75, 3.05) is 6.61 Å². The smallest absolute Gasteiger partial charge is 0.431 e. The first kappa shape index (κ1) is 23.3. The van der Waals surface area contributed by atoms with Crippen LogP contribution in [0.4, 0.5) is 17.6 Å². The second-order valence-electron chi connectivity index (χ2n) is 8.08. The van der Waals surface area contributed by atoms with Crippen LogP contribution in [0, 0.1) is 17.8 Å². The Bertz CT molecular complexity index is 671. The quantitative estimate of drug-likeness (QED) is 0.362. The number of hydrogen-bond acceptors (Lipinski definition) is 5. The van der Waals surface area contributed by atoms with Gasteiger partial charge in [0.2, 0.25) is 0 Å². The van der Waals surface area contributed by atoms with Gasteiger partial charge in [-0.25, -0.2) is 0 Å². The normalized spacial score (nSPS) is 32.3. The van der Waals surface area contributed by atoms with Gasteiger partial charge in [0.25, 0.3) is 0 Å². The lowest BCUT2D eigenvalue weighted by Gasteiger charge is -2.37. The summed E-state index contributed by atoms with van der Waals surface area (Å²) in [5, 5.41) is 4.75. The van der Waals surface area contributed by atoms with Crippen molar-refractivity contribution in [3.63, 3.8) is 0 Å². The van der Waals surface area contributed by atoms with Crippen LogP contribution in [0.15, 0.2) is 0 Å². The third-order valence-corrected chi connectivity index (χ3v) is 7.03. The molecule has 2 aliphatic rings. The van der Waals surface area contributed by atoms with Gasteiger partial charge in [0.05, 0.1) is 24.5 Å². The van der Waals surface area contributed by atoms with Gasteiger partial charge in [-0.1, -0.05) is 6.42 Å². The number of esters is 1. The molecular weight excluding hydrogens is 408 g/mol. The maximum atomic E-state index is 13.4. The van der Waals surface area contributed by atoms with Crippen LogP contribution < -0.4 is 0 Å². The Balaban J connectivity index is 1.80. The van der Waals surface area contributed by atoms with Crippen molar-refractivity contribution in [1.29, 1.82) is 0 Å². The van der Waals surface area contributed by atoms with Crippen molar-refractivity contribution in [3.05, 3.63) is 0 Å². The Morgan fingerprint density at radius 3 is 2.18 bits per heavy atom. The number of halogens is 4. The summed E-state index contributed by atoms with van der Waals surface area (Å²) < 4.78 is 86.7. The highest BCUT2D eigenvalue weighted by atomic mass is 32.2. The molecule has 2 atom stereocenters. The summed E-state index contributed by atoms with van der Waals surface area (Å²) in [6, 6.07) is 0. The number of alkyl halides is 4. The maximum Gasteiger partial charge on any atom is 0.431 e. The van der Waals surface area contributed by atoms with Gasteiger partial charge in [-0.15, -0.1) is 0 Å². The average Bonchev–Trinajstić information content (AvgIpc) is 2.92. The molecule has 2 saturated carbocycles. The van der Waals surface area contributed by atoms with E-state index in [1.165, 1.54) is 0 Å². The molecule has 6 nitrogen and oxygen atoms in total. The summed E-state index contributed by atoms with van der Waals surface area (Å²) in [5.74, 6) is -5.99. The van der Waals surface area contributed by atoms with Gasteiger partial charge < -0.3 is 9.84 Å². The highest BCUT2D eigenvalue weighted by molar-refractivity contribution is 7.87. The summed E-state index contributed by atoms with van der Waals surface area (Å²) in [5.41, 5.74) is -0.720. The summed E-state index contributed by atoms with van der Waals surface area (Å²) in [6.07, 6.45) is 3.14. The Hall–Kier alpha value is -0.940. The molecule has 2 unspecified atom stereocenters. The molecule has 2 fully saturated rings. The van der Waals surface area contributed by atoms with Gasteiger partial charge in [0.15, 0.2) is 0 Å². The zero-order valence-corrected chi connectivity index (χ0v) is 16.4. The highest BCUT2D eigenvalue weighted by Gasteiger charge is 2.65. The number of aliphatic hydroxyl groups is 1. The number of carbonyl (C=O) groups excluding carboxylic acids is 1. The van der Waals surface area contributed by atoms with Crippen molar-refractivity contribution in [2.45, 2.75) is 75.1 Å². The average molecular weight is 434 g/mol. The third-order valence-electron chi connectivity index (χ3n) is 6.08. The second-order valence-corrected chi connectivity index (χ2v) is 9.54. The fourth-order valence-corrected chi connectivity index (χ4v) is 4.89. The van der Waals surface area contributed by atoms with Gasteiger partial charge in [0.1, 0.15) is 0 Å². The topological polar surface area (TPSA) is 101 Å². The molecule has 28 heavy (non-hydrogen) atoms. The van der Waals surface area contributed by atoms with E-state index in [2.05, 4.69) is 4.74 Å². The molecule has 2 N–H and O–H groups in total. The van der Waals surface area contributed by atoms with Gasteiger partial charge in [-0.2, -0.15) is 26.0 Å². The molecule has 11 heteroatoms. The molecule has 0 bridgehead atoms. The first-order valence-corrected chi connectivity index (χ1v) is 10.7. The van der Waals surface area contributed by atoms with Gasteiger partial charge in [-0.05, 0) is 57.3 Å². The minimum atomic E-state index is -6.30. The zero-order chi connectivity index (χ0) is 21.4. The molecular formula is C17H26F4O6S. The van der Waals surface area contributed by atoms with E-state index in [0.29, 0.717) is 25.7 Å². The van der Waals surface area contributed by atoms with Crippen LogP contribution in [0.25, 0.3) is 0 Å². The summed E-state index contributed by atoms with van der Waals surface area (Å²) in [7, 11) is -6.30. The van der Waals surface area contributed by atoms with E-state index in [1.807, 2.05) is 6.92 Å². The van der Waals surface area contributed by atoms with Gasteiger partial charge >= 0.3 is 27.3 Å². The molecule has 0 aromatic carbocycles. The van der Waals surface area contributed by atoms with Gasteiger partial charge in [0, 0.05) is 0 Å². The molecule has 0 aromatic rings. The van der Waals surface area contributed by atoms with Crippen LogP contribution in [-0.2, 0) is 19.6 Å². The monoisotopic (exact) mass is 434 g/mol. The Labute approximate surface area is 161 Å². The van der Waals surface area contributed by atoms with E-state index in [9.17, 15) is 35.9 Å². The minimum Gasteiger partial charge on any atom is -0.465 e. The van der Waals surface area contributed by atoms with Crippen LogP contribution in [-0.4, -0.2) is 47.4 Å². The summed E-state index contributed by atoms with van der Waals surface area (Å²) in [4.78, 5) is 12.0. The van der Waals surface area contributed by atoms with Crippen molar-refractivity contribution >= 4 is 16.1 Å². The zero-order valence-electron chi connectivity index (χ0n) is 15.5. The van der Waals surface area contributed by atoms with E-state index in [1.54, 1.807) is 0 Å². The molecule has 0 spiro atoms. The Morgan fingerprint density at radius 2 is 1.71 bits per heavy atom. The van der Waals surface area contributed by atoms with Crippen molar-refractivity contribution in [2.24, 2.45) is 17.8 Å². The van der Waals surface area contributed by atoms with Crippen molar-refractivity contribution in [3.8, 4) is 0 Å². The molecule has 0 radical (unpaired) electrons. The number of ether oxygens (including phenoxy) is 1. The van der Waals surface area contributed by atoms with E-state index in [-0.39, 0.29) is 11.8 Å². The van der Waals surface area contributed by atoms with E-state index < -0.39 is 51.8 Å².